The minimum atomic E-state index is 0.322. The van der Waals surface area contributed by atoms with Gasteiger partial charge in [0, 0.05) is 5.75 Å². The highest BCUT2D eigenvalue weighted by molar-refractivity contribution is 7.99. The summed E-state index contributed by atoms with van der Waals surface area (Å²) >= 11 is 8.10. The standard InChI is InChI=1S/C12H16ClNOS/c13-11-7-9(3-5-14)1-2-12(11)15-10-4-6-16-8-10/h1-2,7,10H,3-6,8,14H2. The van der Waals surface area contributed by atoms with Crippen LogP contribution in [0.15, 0.2) is 18.2 Å². The summed E-state index contributed by atoms with van der Waals surface area (Å²) < 4.78 is 5.86. The molecule has 0 spiro atoms. The number of rotatable bonds is 4. The van der Waals surface area contributed by atoms with Crippen molar-refractivity contribution in [3.8, 4) is 5.75 Å². The molecule has 1 unspecified atom stereocenters. The molecule has 0 radical (unpaired) electrons. The second-order valence-electron chi connectivity index (χ2n) is 3.91. The quantitative estimate of drug-likeness (QED) is 0.901. The lowest BCUT2D eigenvalue weighted by molar-refractivity contribution is 0.229. The SMILES string of the molecule is NCCc1ccc(OC2CCSC2)c(Cl)c1. The normalized spacial score (nSPS) is 20.0. The Balaban J connectivity index is 2.03. The van der Waals surface area contributed by atoms with Gasteiger partial charge in [-0.3, -0.25) is 0 Å². The molecule has 1 aromatic carbocycles. The Kier molecular flexibility index (Phi) is 4.38. The molecule has 0 saturated carbocycles. The van der Waals surface area contributed by atoms with E-state index in [-0.39, 0.29) is 0 Å². The van der Waals surface area contributed by atoms with Crippen LogP contribution in [-0.2, 0) is 6.42 Å². The predicted octanol–water partition coefficient (Wildman–Crippen LogP) is 2.73. The van der Waals surface area contributed by atoms with Gasteiger partial charge in [-0.05, 0) is 42.8 Å². The molecule has 2 rings (SSSR count). The Bertz CT molecular complexity index is 353. The number of hydrogen-bond donors (Lipinski definition) is 1. The van der Waals surface area contributed by atoms with Gasteiger partial charge in [-0.2, -0.15) is 11.8 Å². The van der Waals surface area contributed by atoms with E-state index in [1.165, 1.54) is 11.3 Å². The maximum atomic E-state index is 6.17. The Morgan fingerprint density at radius 1 is 1.50 bits per heavy atom. The Labute approximate surface area is 105 Å². The van der Waals surface area contributed by atoms with E-state index < -0.39 is 0 Å². The molecule has 1 aliphatic heterocycles. The summed E-state index contributed by atoms with van der Waals surface area (Å²) in [5.41, 5.74) is 6.67. The lowest BCUT2D eigenvalue weighted by atomic mass is 10.1. The fraction of sp³-hybridized carbons (Fsp3) is 0.500. The van der Waals surface area contributed by atoms with Crippen molar-refractivity contribution in [2.75, 3.05) is 18.1 Å². The van der Waals surface area contributed by atoms with E-state index in [9.17, 15) is 0 Å². The van der Waals surface area contributed by atoms with Gasteiger partial charge < -0.3 is 10.5 Å². The van der Waals surface area contributed by atoms with Crippen LogP contribution in [-0.4, -0.2) is 24.2 Å². The van der Waals surface area contributed by atoms with E-state index in [0.717, 1.165) is 24.3 Å². The van der Waals surface area contributed by atoms with Crippen LogP contribution < -0.4 is 10.5 Å². The van der Waals surface area contributed by atoms with E-state index in [1.54, 1.807) is 0 Å². The maximum absolute atomic E-state index is 6.17. The van der Waals surface area contributed by atoms with Gasteiger partial charge in [-0.1, -0.05) is 17.7 Å². The summed E-state index contributed by atoms with van der Waals surface area (Å²) in [7, 11) is 0. The minimum Gasteiger partial charge on any atom is -0.488 e. The van der Waals surface area contributed by atoms with Crippen molar-refractivity contribution < 1.29 is 4.74 Å². The van der Waals surface area contributed by atoms with Crippen molar-refractivity contribution in [1.82, 2.24) is 0 Å². The molecule has 0 amide bonds. The highest BCUT2D eigenvalue weighted by atomic mass is 35.5. The molecule has 2 nitrogen and oxygen atoms in total. The summed E-state index contributed by atoms with van der Waals surface area (Å²) in [6.45, 7) is 0.649. The Morgan fingerprint density at radius 2 is 2.38 bits per heavy atom. The summed E-state index contributed by atoms with van der Waals surface area (Å²) in [5.74, 6) is 3.06. The van der Waals surface area contributed by atoms with E-state index in [4.69, 9.17) is 22.1 Å². The molecule has 88 valence electrons. The third kappa shape index (κ3) is 3.06. The van der Waals surface area contributed by atoms with Gasteiger partial charge in [0.15, 0.2) is 0 Å². The lowest BCUT2D eigenvalue weighted by Gasteiger charge is -2.14. The summed E-state index contributed by atoms with van der Waals surface area (Å²) in [5, 5.41) is 0.697. The third-order valence-corrected chi connectivity index (χ3v) is 4.04. The molecule has 0 aliphatic carbocycles. The highest BCUT2D eigenvalue weighted by Crippen LogP contribution is 2.29. The molecule has 2 N–H and O–H groups in total. The molecule has 0 aromatic heterocycles. The Morgan fingerprint density at radius 3 is 3.00 bits per heavy atom. The van der Waals surface area contributed by atoms with Crippen molar-refractivity contribution in [3.05, 3.63) is 28.8 Å². The Hall–Kier alpha value is -0.380. The number of nitrogens with two attached hydrogens (primary N) is 1. The molecule has 1 fully saturated rings. The van der Waals surface area contributed by atoms with Gasteiger partial charge in [-0.25, -0.2) is 0 Å². The van der Waals surface area contributed by atoms with Gasteiger partial charge in [0.2, 0.25) is 0 Å². The van der Waals surface area contributed by atoms with Crippen LogP contribution in [0.25, 0.3) is 0 Å². The van der Waals surface area contributed by atoms with E-state index in [1.807, 2.05) is 30.0 Å². The second kappa shape index (κ2) is 5.80. The van der Waals surface area contributed by atoms with Gasteiger partial charge in [-0.15, -0.1) is 0 Å². The monoisotopic (exact) mass is 257 g/mol. The summed E-state index contributed by atoms with van der Waals surface area (Å²) in [6.07, 6.45) is 2.30. The van der Waals surface area contributed by atoms with Crippen molar-refractivity contribution in [2.24, 2.45) is 5.73 Å². The first-order chi connectivity index (χ1) is 7.79. The van der Waals surface area contributed by atoms with E-state index in [2.05, 4.69) is 0 Å². The smallest absolute Gasteiger partial charge is 0.138 e. The van der Waals surface area contributed by atoms with Crippen molar-refractivity contribution in [3.63, 3.8) is 0 Å². The van der Waals surface area contributed by atoms with Crippen molar-refractivity contribution >= 4 is 23.4 Å². The fourth-order valence-electron chi connectivity index (χ4n) is 1.75. The van der Waals surface area contributed by atoms with Crippen LogP contribution >= 0.6 is 23.4 Å². The van der Waals surface area contributed by atoms with Crippen LogP contribution in [0.1, 0.15) is 12.0 Å². The largest absolute Gasteiger partial charge is 0.488 e. The second-order valence-corrected chi connectivity index (χ2v) is 5.46. The molecule has 16 heavy (non-hydrogen) atoms. The van der Waals surface area contributed by atoms with Crippen molar-refractivity contribution in [1.29, 1.82) is 0 Å². The average Bonchev–Trinajstić information content (AvgIpc) is 2.75. The minimum absolute atomic E-state index is 0.322. The van der Waals surface area contributed by atoms with Crippen LogP contribution in [0.5, 0.6) is 5.75 Å². The zero-order valence-corrected chi connectivity index (χ0v) is 10.7. The number of benzene rings is 1. The zero-order valence-electron chi connectivity index (χ0n) is 9.12. The average molecular weight is 258 g/mol. The molecule has 1 aliphatic rings. The first-order valence-corrected chi connectivity index (χ1v) is 7.06. The molecule has 1 saturated heterocycles. The van der Waals surface area contributed by atoms with Crippen LogP contribution in [0.2, 0.25) is 5.02 Å². The van der Waals surface area contributed by atoms with Crippen LogP contribution in [0.4, 0.5) is 0 Å². The molecular formula is C12H16ClNOS. The fourth-order valence-corrected chi connectivity index (χ4v) is 3.09. The summed E-state index contributed by atoms with van der Waals surface area (Å²) in [6, 6.07) is 5.94. The molecule has 1 heterocycles. The van der Waals surface area contributed by atoms with Crippen molar-refractivity contribution in [2.45, 2.75) is 18.9 Å². The first kappa shape index (κ1) is 12.1. The molecule has 1 atom stereocenters. The first-order valence-electron chi connectivity index (χ1n) is 5.52. The van der Waals surface area contributed by atoms with Gasteiger partial charge in [0.25, 0.3) is 0 Å². The third-order valence-electron chi connectivity index (χ3n) is 2.61. The van der Waals surface area contributed by atoms with Crippen LogP contribution in [0, 0.1) is 0 Å². The lowest BCUT2D eigenvalue weighted by Crippen LogP contribution is -2.15. The highest BCUT2D eigenvalue weighted by Gasteiger charge is 2.18. The van der Waals surface area contributed by atoms with Crippen LogP contribution in [0.3, 0.4) is 0 Å². The zero-order chi connectivity index (χ0) is 11.4. The van der Waals surface area contributed by atoms with Gasteiger partial charge in [0.05, 0.1) is 5.02 Å². The number of ether oxygens (including phenoxy) is 1. The van der Waals surface area contributed by atoms with E-state index >= 15 is 0 Å². The summed E-state index contributed by atoms with van der Waals surface area (Å²) in [4.78, 5) is 0. The van der Waals surface area contributed by atoms with Gasteiger partial charge >= 0.3 is 0 Å². The number of thioether (sulfide) groups is 1. The number of hydrogen-bond acceptors (Lipinski definition) is 3. The van der Waals surface area contributed by atoms with E-state index in [0.29, 0.717) is 17.7 Å². The molecular weight excluding hydrogens is 242 g/mol. The molecule has 4 heteroatoms. The number of halogens is 1. The van der Waals surface area contributed by atoms with Gasteiger partial charge in [0.1, 0.15) is 11.9 Å². The maximum Gasteiger partial charge on any atom is 0.138 e. The topological polar surface area (TPSA) is 35.2 Å². The molecule has 0 bridgehead atoms. The predicted molar refractivity (Wildman–Crippen MR) is 70.6 cm³/mol. The molecule has 1 aromatic rings.